The smallest absolute Gasteiger partial charge is 0.135 e. The van der Waals surface area contributed by atoms with E-state index in [0.29, 0.717) is 5.78 Å². The third kappa shape index (κ3) is 2.71. The number of hydrogen-bond donors (Lipinski definition) is 0. The maximum absolute atomic E-state index is 11.0. The van der Waals surface area contributed by atoms with Gasteiger partial charge in [-0.15, -0.1) is 0 Å². The Kier molecular flexibility index (Phi) is 3.28. The predicted molar refractivity (Wildman–Crippen MR) is 56.1 cm³/mol. The quantitative estimate of drug-likeness (QED) is 0.670. The summed E-state index contributed by atoms with van der Waals surface area (Å²) in [5.41, 5.74) is 0. The summed E-state index contributed by atoms with van der Waals surface area (Å²) < 4.78 is 0. The third-order valence-electron chi connectivity index (χ3n) is 2.95. The van der Waals surface area contributed by atoms with Gasteiger partial charge in [0.1, 0.15) is 5.78 Å². The number of carbonyl (C=O) groups excluding carboxylic acids is 1. The molecule has 0 saturated carbocycles. The summed E-state index contributed by atoms with van der Waals surface area (Å²) in [4.78, 5) is 13.5. The lowest BCUT2D eigenvalue weighted by Crippen LogP contribution is -2.37. The SMILES string of the molecule is O=C1CCN(CC2CCSC2)CC1. The van der Waals surface area contributed by atoms with Crippen LogP contribution >= 0.6 is 11.8 Å². The highest BCUT2D eigenvalue weighted by Crippen LogP contribution is 2.24. The number of piperidine rings is 1. The van der Waals surface area contributed by atoms with Gasteiger partial charge in [-0.1, -0.05) is 0 Å². The van der Waals surface area contributed by atoms with Gasteiger partial charge in [-0.2, -0.15) is 11.8 Å². The molecule has 74 valence electrons. The van der Waals surface area contributed by atoms with Gasteiger partial charge in [-0.05, 0) is 23.8 Å². The summed E-state index contributed by atoms with van der Waals surface area (Å²) in [6.07, 6.45) is 2.97. The zero-order chi connectivity index (χ0) is 9.10. The van der Waals surface area contributed by atoms with Crippen molar-refractivity contribution >= 4 is 17.5 Å². The van der Waals surface area contributed by atoms with E-state index in [-0.39, 0.29) is 0 Å². The molecule has 3 heteroatoms. The Balaban J connectivity index is 1.72. The second kappa shape index (κ2) is 4.47. The first-order valence-corrected chi connectivity index (χ1v) is 6.32. The van der Waals surface area contributed by atoms with E-state index in [4.69, 9.17) is 0 Å². The standard InChI is InChI=1S/C10H17NOS/c12-10-1-4-11(5-2-10)7-9-3-6-13-8-9/h9H,1-8H2. The second-order valence-corrected chi connectivity index (χ2v) is 5.22. The first kappa shape index (κ1) is 9.53. The van der Waals surface area contributed by atoms with Gasteiger partial charge in [0.25, 0.3) is 0 Å². The summed E-state index contributed by atoms with van der Waals surface area (Å²) in [5.74, 6) is 4.04. The molecule has 13 heavy (non-hydrogen) atoms. The Hall–Kier alpha value is -0.0200. The molecule has 0 N–H and O–H groups in total. The molecule has 0 radical (unpaired) electrons. The van der Waals surface area contributed by atoms with Crippen LogP contribution in [0, 0.1) is 5.92 Å². The molecule has 2 heterocycles. The Labute approximate surface area is 84.1 Å². The van der Waals surface area contributed by atoms with E-state index in [1.807, 2.05) is 0 Å². The largest absolute Gasteiger partial charge is 0.302 e. The molecule has 1 atom stereocenters. The minimum atomic E-state index is 0.456. The molecular formula is C10H17NOS. The Morgan fingerprint density at radius 1 is 1.38 bits per heavy atom. The summed E-state index contributed by atoms with van der Waals surface area (Å²) in [5, 5.41) is 0. The van der Waals surface area contributed by atoms with Crippen LogP contribution < -0.4 is 0 Å². The van der Waals surface area contributed by atoms with Crippen molar-refractivity contribution in [1.29, 1.82) is 0 Å². The lowest BCUT2D eigenvalue weighted by Gasteiger charge is -2.27. The van der Waals surface area contributed by atoms with Crippen LogP contribution in [0.1, 0.15) is 19.3 Å². The van der Waals surface area contributed by atoms with Crippen LogP contribution in [0.15, 0.2) is 0 Å². The van der Waals surface area contributed by atoms with E-state index < -0.39 is 0 Å². The highest BCUT2D eigenvalue weighted by atomic mass is 32.2. The van der Waals surface area contributed by atoms with Gasteiger partial charge in [0.2, 0.25) is 0 Å². The lowest BCUT2D eigenvalue weighted by molar-refractivity contribution is -0.121. The molecule has 2 fully saturated rings. The van der Waals surface area contributed by atoms with Crippen LogP contribution in [0.5, 0.6) is 0 Å². The molecule has 2 aliphatic heterocycles. The van der Waals surface area contributed by atoms with Gasteiger partial charge in [-0.3, -0.25) is 4.79 Å². The van der Waals surface area contributed by atoms with Crippen molar-refractivity contribution < 1.29 is 4.79 Å². The normalized spacial score (nSPS) is 31.1. The summed E-state index contributed by atoms with van der Waals surface area (Å²) >= 11 is 2.08. The van der Waals surface area contributed by atoms with Crippen molar-refractivity contribution in [2.75, 3.05) is 31.1 Å². The van der Waals surface area contributed by atoms with Crippen molar-refractivity contribution in [3.63, 3.8) is 0 Å². The number of rotatable bonds is 2. The van der Waals surface area contributed by atoms with Gasteiger partial charge in [0.15, 0.2) is 0 Å². The molecule has 2 nitrogen and oxygen atoms in total. The Morgan fingerprint density at radius 3 is 2.77 bits per heavy atom. The minimum Gasteiger partial charge on any atom is -0.302 e. The zero-order valence-electron chi connectivity index (χ0n) is 8.00. The van der Waals surface area contributed by atoms with Crippen molar-refractivity contribution in [3.8, 4) is 0 Å². The molecule has 1 unspecified atom stereocenters. The number of hydrogen-bond acceptors (Lipinski definition) is 3. The van der Waals surface area contributed by atoms with Gasteiger partial charge in [-0.25, -0.2) is 0 Å². The van der Waals surface area contributed by atoms with Crippen molar-refractivity contribution in [2.45, 2.75) is 19.3 Å². The number of thioether (sulfide) groups is 1. The van der Waals surface area contributed by atoms with Gasteiger partial charge >= 0.3 is 0 Å². The maximum Gasteiger partial charge on any atom is 0.135 e. The molecule has 0 aromatic carbocycles. The maximum atomic E-state index is 11.0. The number of likely N-dealkylation sites (tertiary alicyclic amines) is 1. The number of Topliss-reactive ketones (excluding diaryl/α,β-unsaturated/α-hetero) is 1. The highest BCUT2D eigenvalue weighted by molar-refractivity contribution is 7.99. The molecule has 2 aliphatic rings. The summed E-state index contributed by atoms with van der Waals surface area (Å²) in [6, 6.07) is 0. The van der Waals surface area contributed by atoms with Crippen molar-refractivity contribution in [3.05, 3.63) is 0 Å². The molecule has 0 spiro atoms. The fraction of sp³-hybridized carbons (Fsp3) is 0.900. The topological polar surface area (TPSA) is 20.3 Å². The van der Waals surface area contributed by atoms with Crippen LogP contribution in [-0.2, 0) is 4.79 Å². The molecule has 2 rings (SSSR count). The zero-order valence-corrected chi connectivity index (χ0v) is 8.81. The molecule has 0 aromatic heterocycles. The van der Waals surface area contributed by atoms with E-state index in [1.54, 1.807) is 0 Å². The highest BCUT2D eigenvalue weighted by Gasteiger charge is 2.21. The number of carbonyl (C=O) groups is 1. The molecule has 0 bridgehead atoms. The number of ketones is 1. The number of nitrogens with zero attached hydrogens (tertiary/aromatic N) is 1. The first-order valence-electron chi connectivity index (χ1n) is 5.16. The minimum absolute atomic E-state index is 0.456. The third-order valence-corrected chi connectivity index (χ3v) is 4.19. The van der Waals surface area contributed by atoms with Crippen molar-refractivity contribution in [2.24, 2.45) is 5.92 Å². The van der Waals surface area contributed by atoms with Crippen LogP contribution in [0.2, 0.25) is 0 Å². The molecule has 2 saturated heterocycles. The summed E-state index contributed by atoms with van der Waals surface area (Å²) in [6.45, 7) is 3.26. The van der Waals surface area contributed by atoms with Crippen LogP contribution in [0.4, 0.5) is 0 Å². The van der Waals surface area contributed by atoms with E-state index in [9.17, 15) is 4.79 Å². The molecule has 0 amide bonds. The predicted octanol–water partition coefficient (Wildman–Crippen LogP) is 1.40. The van der Waals surface area contributed by atoms with Crippen LogP contribution in [-0.4, -0.2) is 41.8 Å². The Morgan fingerprint density at radius 2 is 2.15 bits per heavy atom. The van der Waals surface area contributed by atoms with E-state index in [1.165, 1.54) is 24.5 Å². The molecular weight excluding hydrogens is 182 g/mol. The van der Waals surface area contributed by atoms with Gasteiger partial charge in [0, 0.05) is 32.5 Å². The Bertz CT molecular complexity index is 179. The first-order chi connectivity index (χ1) is 6.34. The van der Waals surface area contributed by atoms with E-state index in [0.717, 1.165) is 31.8 Å². The average molecular weight is 199 g/mol. The van der Waals surface area contributed by atoms with Crippen LogP contribution in [0.3, 0.4) is 0 Å². The van der Waals surface area contributed by atoms with E-state index >= 15 is 0 Å². The fourth-order valence-corrected chi connectivity index (χ4v) is 3.35. The monoisotopic (exact) mass is 199 g/mol. The average Bonchev–Trinajstić information content (AvgIpc) is 2.62. The van der Waals surface area contributed by atoms with E-state index in [2.05, 4.69) is 16.7 Å². The second-order valence-electron chi connectivity index (χ2n) is 4.07. The fourth-order valence-electron chi connectivity index (χ4n) is 2.08. The molecule has 0 aliphatic carbocycles. The summed E-state index contributed by atoms with van der Waals surface area (Å²) in [7, 11) is 0. The van der Waals surface area contributed by atoms with Gasteiger partial charge in [0.05, 0.1) is 0 Å². The van der Waals surface area contributed by atoms with Crippen molar-refractivity contribution in [1.82, 2.24) is 4.90 Å². The van der Waals surface area contributed by atoms with Crippen LogP contribution in [0.25, 0.3) is 0 Å². The lowest BCUT2D eigenvalue weighted by atomic mass is 10.1. The van der Waals surface area contributed by atoms with Gasteiger partial charge < -0.3 is 4.90 Å². The molecule has 0 aromatic rings.